The van der Waals surface area contributed by atoms with Crippen molar-refractivity contribution in [3.63, 3.8) is 0 Å². The number of rotatable bonds is 5. The van der Waals surface area contributed by atoms with E-state index in [1.54, 1.807) is 0 Å². The van der Waals surface area contributed by atoms with Crippen molar-refractivity contribution in [3.05, 3.63) is 28.7 Å². The Bertz CT molecular complexity index is 436. The van der Waals surface area contributed by atoms with Crippen LogP contribution in [0, 0.1) is 0 Å². The summed E-state index contributed by atoms with van der Waals surface area (Å²) in [6.07, 6.45) is 1.12. The summed E-state index contributed by atoms with van der Waals surface area (Å²) in [5.41, 5.74) is 7.13. The molecule has 0 bridgehead atoms. The molecule has 1 atom stereocenters. The van der Waals surface area contributed by atoms with E-state index in [1.807, 2.05) is 23.9 Å². The minimum absolute atomic E-state index is 0.401. The molecule has 3 nitrogen and oxygen atoms in total. The van der Waals surface area contributed by atoms with E-state index in [0.29, 0.717) is 12.0 Å². The van der Waals surface area contributed by atoms with Crippen LogP contribution in [0.4, 0.5) is 5.69 Å². The van der Waals surface area contributed by atoms with Crippen LogP contribution in [0.5, 0.6) is 0 Å². The molecule has 0 aliphatic carbocycles. The number of halogens is 1. The van der Waals surface area contributed by atoms with Crippen LogP contribution in [0.25, 0.3) is 0 Å². The van der Waals surface area contributed by atoms with Crippen LogP contribution in [0.2, 0.25) is 0 Å². The Kier molecular flexibility index (Phi) is 4.95. The Morgan fingerprint density at radius 1 is 1.56 bits per heavy atom. The summed E-state index contributed by atoms with van der Waals surface area (Å²) in [5, 5.41) is 0. The molecule has 0 saturated heterocycles. The van der Waals surface area contributed by atoms with Crippen LogP contribution in [-0.4, -0.2) is 30.1 Å². The molecule has 0 fully saturated rings. The zero-order chi connectivity index (χ0) is 13.0. The molecule has 1 heterocycles. The van der Waals surface area contributed by atoms with Gasteiger partial charge in [0.25, 0.3) is 0 Å². The predicted octanol–water partition coefficient (Wildman–Crippen LogP) is 3.10. The Morgan fingerprint density at radius 2 is 2.39 bits per heavy atom. The van der Waals surface area contributed by atoms with E-state index in [0.717, 1.165) is 28.9 Å². The van der Waals surface area contributed by atoms with Gasteiger partial charge in [-0.05, 0) is 36.1 Å². The van der Waals surface area contributed by atoms with E-state index in [-0.39, 0.29) is 0 Å². The number of nitrogens with zero attached hydrogens (tertiary/aromatic N) is 2. The summed E-state index contributed by atoms with van der Waals surface area (Å²) < 4.78 is 1.07. The van der Waals surface area contributed by atoms with Gasteiger partial charge in [-0.1, -0.05) is 28.9 Å². The normalized spacial score (nSPS) is 19.1. The molecule has 1 aliphatic heterocycles. The van der Waals surface area contributed by atoms with Gasteiger partial charge in [0.1, 0.15) is 0 Å². The highest BCUT2D eigenvalue weighted by atomic mass is 79.9. The lowest BCUT2D eigenvalue weighted by molar-refractivity contribution is 0.690. The second-order valence-corrected chi connectivity index (χ2v) is 6.50. The quantitative estimate of drug-likeness (QED) is 0.845. The van der Waals surface area contributed by atoms with Crippen molar-refractivity contribution in [2.45, 2.75) is 19.4 Å². The average Bonchev–Trinajstić information content (AvgIpc) is 2.71. The third kappa shape index (κ3) is 3.20. The fraction of sp³-hybridized carbons (Fsp3) is 0.462. The third-order valence-corrected chi connectivity index (χ3v) is 4.39. The average molecular weight is 328 g/mol. The molecule has 0 radical (unpaired) electrons. The molecule has 0 saturated carbocycles. The standard InChI is InChI=1S/C13H18BrN3S/c1-2-18-7-6-12-9-16-13(15)17(12)11-5-3-4-10(14)8-11/h3-5,8,12H,2,6-7,9H2,1H3,(H2,15,16). The van der Waals surface area contributed by atoms with Crippen molar-refractivity contribution in [2.75, 3.05) is 23.0 Å². The van der Waals surface area contributed by atoms with Gasteiger partial charge < -0.3 is 10.6 Å². The minimum Gasteiger partial charge on any atom is -0.370 e. The SMILES string of the molecule is CCSCCC1CN=C(N)N1c1cccc(Br)c1. The molecule has 0 amide bonds. The van der Waals surface area contributed by atoms with Crippen LogP contribution in [0.3, 0.4) is 0 Å². The van der Waals surface area contributed by atoms with Gasteiger partial charge in [-0.3, -0.25) is 4.99 Å². The minimum atomic E-state index is 0.401. The molecule has 1 aromatic carbocycles. The van der Waals surface area contributed by atoms with E-state index in [9.17, 15) is 0 Å². The number of guanidine groups is 1. The van der Waals surface area contributed by atoms with E-state index in [1.165, 1.54) is 5.75 Å². The molecule has 0 aromatic heterocycles. The van der Waals surface area contributed by atoms with Crippen molar-refractivity contribution in [1.29, 1.82) is 0 Å². The van der Waals surface area contributed by atoms with Crippen LogP contribution < -0.4 is 10.6 Å². The van der Waals surface area contributed by atoms with E-state index < -0.39 is 0 Å². The summed E-state index contributed by atoms with van der Waals surface area (Å²) in [7, 11) is 0. The van der Waals surface area contributed by atoms with Gasteiger partial charge >= 0.3 is 0 Å². The maximum atomic E-state index is 6.01. The van der Waals surface area contributed by atoms with Crippen molar-refractivity contribution >= 4 is 39.3 Å². The maximum Gasteiger partial charge on any atom is 0.196 e. The second-order valence-electron chi connectivity index (χ2n) is 4.19. The van der Waals surface area contributed by atoms with Crippen molar-refractivity contribution in [3.8, 4) is 0 Å². The number of benzene rings is 1. The van der Waals surface area contributed by atoms with Crippen LogP contribution in [0.15, 0.2) is 33.7 Å². The molecule has 1 unspecified atom stereocenters. The van der Waals surface area contributed by atoms with Gasteiger partial charge in [-0.15, -0.1) is 0 Å². The molecule has 2 rings (SSSR count). The smallest absolute Gasteiger partial charge is 0.196 e. The Hall–Kier alpha value is -0.680. The van der Waals surface area contributed by atoms with Gasteiger partial charge in [-0.2, -0.15) is 11.8 Å². The molecule has 18 heavy (non-hydrogen) atoms. The van der Waals surface area contributed by atoms with Gasteiger partial charge in [0.2, 0.25) is 0 Å². The highest BCUT2D eigenvalue weighted by molar-refractivity contribution is 9.10. The molecular formula is C13H18BrN3S. The third-order valence-electron chi connectivity index (χ3n) is 2.96. The maximum absolute atomic E-state index is 6.01. The molecular weight excluding hydrogens is 310 g/mol. The number of thioether (sulfide) groups is 1. The van der Waals surface area contributed by atoms with Crippen LogP contribution >= 0.6 is 27.7 Å². The summed E-state index contributed by atoms with van der Waals surface area (Å²) in [6, 6.07) is 8.63. The van der Waals surface area contributed by atoms with Gasteiger partial charge in [0.05, 0.1) is 12.6 Å². The largest absolute Gasteiger partial charge is 0.370 e. The Morgan fingerprint density at radius 3 is 3.11 bits per heavy atom. The fourth-order valence-electron chi connectivity index (χ4n) is 2.10. The number of nitrogens with two attached hydrogens (primary N) is 1. The highest BCUT2D eigenvalue weighted by Crippen LogP contribution is 2.26. The molecule has 2 N–H and O–H groups in total. The van der Waals surface area contributed by atoms with E-state index in [4.69, 9.17) is 5.73 Å². The van der Waals surface area contributed by atoms with Crippen LogP contribution in [0.1, 0.15) is 13.3 Å². The zero-order valence-corrected chi connectivity index (χ0v) is 12.9. The Balaban J connectivity index is 2.10. The first-order chi connectivity index (χ1) is 8.72. The monoisotopic (exact) mass is 327 g/mol. The lowest BCUT2D eigenvalue weighted by Crippen LogP contribution is -2.41. The Labute approximate surface area is 121 Å². The van der Waals surface area contributed by atoms with Gasteiger partial charge in [0.15, 0.2) is 5.96 Å². The molecule has 1 aliphatic rings. The number of hydrogen-bond donors (Lipinski definition) is 1. The number of aliphatic imine (C=N–C) groups is 1. The first kappa shape index (κ1) is 13.7. The van der Waals surface area contributed by atoms with Crippen molar-refractivity contribution < 1.29 is 0 Å². The van der Waals surface area contributed by atoms with E-state index in [2.05, 4.69) is 44.9 Å². The summed E-state index contributed by atoms with van der Waals surface area (Å²) in [6.45, 7) is 3.00. The second kappa shape index (κ2) is 6.48. The van der Waals surface area contributed by atoms with Gasteiger partial charge in [-0.25, -0.2) is 0 Å². The van der Waals surface area contributed by atoms with Gasteiger partial charge in [0, 0.05) is 10.2 Å². The summed E-state index contributed by atoms with van der Waals surface area (Å²) >= 11 is 5.47. The summed E-state index contributed by atoms with van der Waals surface area (Å²) in [5.74, 6) is 2.97. The fourth-order valence-corrected chi connectivity index (χ4v) is 3.21. The molecule has 5 heteroatoms. The lowest BCUT2D eigenvalue weighted by atomic mass is 10.2. The molecule has 0 spiro atoms. The molecule has 98 valence electrons. The lowest BCUT2D eigenvalue weighted by Gasteiger charge is -2.26. The number of hydrogen-bond acceptors (Lipinski definition) is 4. The number of anilines is 1. The first-order valence-electron chi connectivity index (χ1n) is 6.15. The highest BCUT2D eigenvalue weighted by Gasteiger charge is 2.26. The van der Waals surface area contributed by atoms with Crippen LogP contribution in [-0.2, 0) is 0 Å². The zero-order valence-electron chi connectivity index (χ0n) is 10.5. The summed E-state index contributed by atoms with van der Waals surface area (Å²) in [4.78, 5) is 6.53. The van der Waals surface area contributed by atoms with Crippen molar-refractivity contribution in [2.24, 2.45) is 10.7 Å². The predicted molar refractivity (Wildman–Crippen MR) is 84.5 cm³/mol. The van der Waals surface area contributed by atoms with E-state index >= 15 is 0 Å². The topological polar surface area (TPSA) is 41.6 Å². The first-order valence-corrected chi connectivity index (χ1v) is 8.09. The molecule has 1 aromatic rings. The van der Waals surface area contributed by atoms with Crippen molar-refractivity contribution in [1.82, 2.24) is 0 Å².